The first-order valence-corrected chi connectivity index (χ1v) is 25.1. The minimum atomic E-state index is -0.306. The zero-order valence-corrected chi connectivity index (χ0v) is 40.2. The molecule has 348 valence electrons. The highest BCUT2D eigenvalue weighted by Crippen LogP contribution is 2.49. The maximum atomic E-state index is 17.5. The number of rotatable bonds is 9. The molecule has 4 heteroatoms. The number of benzene rings is 13. The minimum Gasteiger partial charge on any atom is -0.454 e. The van der Waals surface area contributed by atoms with Crippen LogP contribution in [0.1, 0.15) is 0 Å². The predicted octanol–water partition coefficient (Wildman–Crippen LogP) is 20.3. The lowest BCUT2D eigenvalue weighted by atomic mass is 9.90. The zero-order chi connectivity index (χ0) is 49.1. The van der Waals surface area contributed by atoms with E-state index in [1.54, 1.807) is 6.07 Å². The van der Waals surface area contributed by atoms with Crippen LogP contribution in [-0.4, -0.2) is 0 Å². The molecule has 0 spiro atoms. The molecule has 1 heterocycles. The Morgan fingerprint density at radius 1 is 0.297 bits per heavy atom. The fraction of sp³-hybridized carbons (Fsp3) is 0. The lowest BCUT2D eigenvalue weighted by molar-refractivity contribution is 0.630. The highest BCUT2D eigenvalue weighted by molar-refractivity contribution is 6.32. The number of fused-ring (bicyclic) bond motifs is 11. The topological polar surface area (TPSA) is 19.6 Å². The van der Waals surface area contributed by atoms with Gasteiger partial charge in [-0.05, 0) is 132 Å². The second-order valence-electron chi connectivity index (χ2n) is 18.9. The Balaban J connectivity index is 0.968. The highest BCUT2D eigenvalue weighted by Gasteiger charge is 2.26. The molecule has 74 heavy (non-hydrogen) atoms. The van der Waals surface area contributed by atoms with Crippen LogP contribution in [0.3, 0.4) is 0 Å². The molecule has 0 radical (unpaired) electrons. The van der Waals surface area contributed by atoms with Gasteiger partial charge in [-0.3, -0.25) is 0 Å². The van der Waals surface area contributed by atoms with Crippen molar-refractivity contribution in [3.8, 4) is 33.4 Å². The van der Waals surface area contributed by atoms with Gasteiger partial charge in [0, 0.05) is 39.0 Å². The molecule has 0 aliphatic heterocycles. The van der Waals surface area contributed by atoms with Crippen molar-refractivity contribution in [2.45, 2.75) is 0 Å². The van der Waals surface area contributed by atoms with Crippen molar-refractivity contribution in [3.63, 3.8) is 0 Å². The lowest BCUT2D eigenvalue weighted by Gasteiger charge is -2.29. The van der Waals surface area contributed by atoms with E-state index in [0.29, 0.717) is 5.69 Å². The van der Waals surface area contributed by atoms with Crippen LogP contribution >= 0.6 is 0 Å². The molecule has 13 aromatic carbocycles. The molecular weight excluding hydrogens is 904 g/mol. The van der Waals surface area contributed by atoms with Crippen molar-refractivity contribution in [3.05, 3.63) is 279 Å². The van der Waals surface area contributed by atoms with E-state index in [1.165, 1.54) is 5.39 Å². The van der Waals surface area contributed by atoms with E-state index in [2.05, 4.69) is 198 Å². The fourth-order valence-electron chi connectivity index (χ4n) is 11.3. The number of halogens is 1. The fourth-order valence-corrected chi connectivity index (χ4v) is 11.3. The van der Waals surface area contributed by atoms with Gasteiger partial charge in [0.2, 0.25) is 0 Å². The molecule has 14 aromatic rings. The van der Waals surface area contributed by atoms with Gasteiger partial charge in [0.25, 0.3) is 0 Å². The molecule has 0 saturated heterocycles. The van der Waals surface area contributed by atoms with Crippen molar-refractivity contribution in [1.29, 1.82) is 0 Å². The van der Waals surface area contributed by atoms with Crippen LogP contribution in [0.5, 0.6) is 0 Å². The van der Waals surface area contributed by atoms with Gasteiger partial charge in [-0.2, -0.15) is 0 Å². The largest absolute Gasteiger partial charge is 0.454 e. The van der Waals surface area contributed by atoms with Gasteiger partial charge >= 0.3 is 0 Å². The smallest absolute Gasteiger partial charge is 0.159 e. The number of hydrogen-bond donors (Lipinski definition) is 0. The lowest BCUT2D eigenvalue weighted by Crippen LogP contribution is -2.13. The van der Waals surface area contributed by atoms with Crippen molar-refractivity contribution in [1.82, 2.24) is 0 Å². The second kappa shape index (κ2) is 17.8. The molecule has 0 atom stereocenters. The van der Waals surface area contributed by atoms with Gasteiger partial charge in [0.15, 0.2) is 5.58 Å². The number of para-hydroxylation sites is 4. The number of anilines is 6. The standard InChI is InChI=1S/C70H45FN2O/c71-64-44-50(46-20-5-1-6-21-46)43-62(48-24-9-3-10-25-48)69(64)72(51-26-11-4-12-27-51)53-38-41-57-60-39-36-49-42-52(37-40-55(49)68(60)59-31-14-13-29-56(59)63(57)45-53)73(65-33-17-15-28-54(65)47-22-7-2-8-23-47)66-34-19-32-61-58-30-16-18-35-67(58)74-70(61)66/h1-45H. The van der Waals surface area contributed by atoms with E-state index in [4.69, 9.17) is 4.42 Å². The van der Waals surface area contributed by atoms with E-state index >= 15 is 4.39 Å². The summed E-state index contributed by atoms with van der Waals surface area (Å²) in [5, 5.41) is 11.3. The summed E-state index contributed by atoms with van der Waals surface area (Å²) >= 11 is 0. The summed E-state index contributed by atoms with van der Waals surface area (Å²) in [6.45, 7) is 0. The average molecular weight is 949 g/mol. The third kappa shape index (κ3) is 7.18. The third-order valence-electron chi connectivity index (χ3n) is 14.6. The summed E-state index contributed by atoms with van der Waals surface area (Å²) in [7, 11) is 0. The van der Waals surface area contributed by atoms with E-state index in [1.807, 2.05) is 78.9 Å². The zero-order valence-electron chi connectivity index (χ0n) is 40.2. The van der Waals surface area contributed by atoms with Crippen molar-refractivity contribution in [2.24, 2.45) is 0 Å². The molecule has 1 aromatic heterocycles. The average Bonchev–Trinajstić information content (AvgIpc) is 3.89. The first kappa shape index (κ1) is 43.1. The van der Waals surface area contributed by atoms with Crippen LogP contribution in [0.2, 0.25) is 0 Å². The molecule has 3 nitrogen and oxygen atoms in total. The number of hydrogen-bond acceptors (Lipinski definition) is 3. The number of nitrogens with zero attached hydrogens (tertiary/aromatic N) is 2. The Labute approximate surface area is 427 Å². The highest BCUT2D eigenvalue weighted by atomic mass is 19.1. The van der Waals surface area contributed by atoms with Crippen LogP contribution in [0.15, 0.2) is 277 Å². The third-order valence-corrected chi connectivity index (χ3v) is 14.6. The first-order valence-electron chi connectivity index (χ1n) is 25.1. The van der Waals surface area contributed by atoms with Gasteiger partial charge in [-0.15, -0.1) is 0 Å². The van der Waals surface area contributed by atoms with E-state index in [0.717, 1.165) is 121 Å². The SMILES string of the molecule is Fc1cc(-c2ccccc2)cc(-c2ccccc2)c1N(c1ccccc1)c1ccc2c(c1)c1ccccc1c1c3ccc(N(c4ccccc4-c4ccccc4)c4cccc5c4oc4ccccc45)cc3ccc21. The van der Waals surface area contributed by atoms with E-state index < -0.39 is 0 Å². The predicted molar refractivity (Wildman–Crippen MR) is 309 cm³/mol. The molecule has 0 aliphatic rings. The van der Waals surface area contributed by atoms with Crippen LogP contribution in [0.4, 0.5) is 38.5 Å². The van der Waals surface area contributed by atoms with Crippen LogP contribution in [0.25, 0.3) is 98.4 Å². The normalized spacial score (nSPS) is 11.6. The summed E-state index contributed by atoms with van der Waals surface area (Å²) in [6.07, 6.45) is 0. The molecular formula is C70H45FN2O. The van der Waals surface area contributed by atoms with Crippen molar-refractivity contribution >= 4 is 99.2 Å². The van der Waals surface area contributed by atoms with Gasteiger partial charge < -0.3 is 14.2 Å². The summed E-state index contributed by atoms with van der Waals surface area (Å²) in [6, 6.07) is 94.9. The monoisotopic (exact) mass is 948 g/mol. The first-order chi connectivity index (χ1) is 36.6. The quantitative estimate of drug-likeness (QED) is 0.134. The van der Waals surface area contributed by atoms with Crippen LogP contribution in [0, 0.1) is 5.82 Å². The molecule has 0 N–H and O–H groups in total. The van der Waals surface area contributed by atoms with Crippen LogP contribution < -0.4 is 9.80 Å². The summed E-state index contributed by atoms with van der Waals surface area (Å²) < 4.78 is 24.2. The van der Waals surface area contributed by atoms with Crippen molar-refractivity contribution in [2.75, 3.05) is 9.80 Å². The van der Waals surface area contributed by atoms with Gasteiger partial charge in [0.05, 0.1) is 17.1 Å². The minimum absolute atomic E-state index is 0.306. The van der Waals surface area contributed by atoms with E-state index in [9.17, 15) is 0 Å². The number of furan rings is 1. The Kier molecular flexibility index (Phi) is 10.4. The Hall–Kier alpha value is -9.77. The van der Waals surface area contributed by atoms with Crippen molar-refractivity contribution < 1.29 is 8.81 Å². The van der Waals surface area contributed by atoms with Gasteiger partial charge in [-0.25, -0.2) is 4.39 Å². The Morgan fingerprint density at radius 3 is 1.59 bits per heavy atom. The van der Waals surface area contributed by atoms with Gasteiger partial charge in [0.1, 0.15) is 11.4 Å². The molecule has 0 aliphatic carbocycles. The summed E-state index contributed by atoms with van der Waals surface area (Å²) in [4.78, 5) is 4.44. The maximum Gasteiger partial charge on any atom is 0.159 e. The molecule has 0 amide bonds. The summed E-state index contributed by atoms with van der Waals surface area (Å²) in [5.74, 6) is -0.306. The molecule has 0 bridgehead atoms. The van der Waals surface area contributed by atoms with Crippen LogP contribution in [-0.2, 0) is 0 Å². The van der Waals surface area contributed by atoms with E-state index in [-0.39, 0.29) is 5.82 Å². The second-order valence-corrected chi connectivity index (χ2v) is 18.9. The Morgan fingerprint density at radius 2 is 0.838 bits per heavy atom. The molecule has 0 fully saturated rings. The summed E-state index contributed by atoms with van der Waals surface area (Å²) in [5.41, 5.74) is 12.7. The molecule has 14 rings (SSSR count). The Bertz CT molecular complexity index is 4420. The molecule has 0 saturated carbocycles. The molecule has 0 unspecified atom stereocenters. The maximum absolute atomic E-state index is 17.5. The van der Waals surface area contributed by atoms with Gasteiger partial charge in [-0.1, -0.05) is 206 Å².